The molecule has 0 aliphatic carbocycles. The van der Waals surface area contributed by atoms with Gasteiger partial charge in [0.2, 0.25) is 0 Å². The molecule has 0 saturated carbocycles. The Morgan fingerprint density at radius 1 is 1.26 bits per heavy atom. The third-order valence-electron chi connectivity index (χ3n) is 3.51. The Labute approximate surface area is 113 Å². The summed E-state index contributed by atoms with van der Waals surface area (Å²) in [6.45, 7) is 3.24. The summed E-state index contributed by atoms with van der Waals surface area (Å²) in [6, 6.07) is 10.8. The first-order chi connectivity index (χ1) is 9.28. The van der Waals surface area contributed by atoms with Crippen LogP contribution >= 0.6 is 0 Å². The lowest BCUT2D eigenvalue weighted by Gasteiger charge is -2.32. The second-order valence-corrected chi connectivity index (χ2v) is 4.95. The number of carbonyl (C=O) groups is 1. The number of nitrogens with zero attached hydrogens (tertiary/aromatic N) is 1. The number of nitrogens with one attached hydrogen (secondary N) is 2. The molecule has 104 valence electrons. The van der Waals surface area contributed by atoms with E-state index in [1.807, 2.05) is 6.07 Å². The van der Waals surface area contributed by atoms with Crippen LogP contribution in [-0.2, 0) is 11.3 Å². The van der Waals surface area contributed by atoms with Gasteiger partial charge in [0.1, 0.15) is 0 Å². The minimum absolute atomic E-state index is 0.180. The van der Waals surface area contributed by atoms with Gasteiger partial charge in [-0.05, 0) is 31.5 Å². The summed E-state index contributed by atoms with van der Waals surface area (Å²) in [5.41, 5.74) is 2.98. The summed E-state index contributed by atoms with van der Waals surface area (Å²) < 4.78 is 0. The summed E-state index contributed by atoms with van der Waals surface area (Å²) in [5, 5.41) is 11.6. The number of amides is 1. The average Bonchev–Trinajstić information content (AvgIpc) is 2.47. The van der Waals surface area contributed by atoms with Crippen LogP contribution in [0.3, 0.4) is 0 Å². The summed E-state index contributed by atoms with van der Waals surface area (Å²) in [5.74, 6) is -0.383. The molecule has 0 radical (unpaired) electrons. The van der Waals surface area contributed by atoms with Crippen molar-refractivity contribution in [1.82, 2.24) is 15.7 Å². The summed E-state index contributed by atoms with van der Waals surface area (Å²) in [6.07, 6.45) is 2.07. The lowest BCUT2D eigenvalue weighted by atomic mass is 10.0. The van der Waals surface area contributed by atoms with E-state index in [9.17, 15) is 4.79 Å². The van der Waals surface area contributed by atoms with E-state index in [0.717, 1.165) is 32.5 Å². The zero-order valence-electron chi connectivity index (χ0n) is 11.0. The van der Waals surface area contributed by atoms with E-state index in [4.69, 9.17) is 5.21 Å². The fourth-order valence-corrected chi connectivity index (χ4v) is 2.41. The van der Waals surface area contributed by atoms with Crippen molar-refractivity contribution in [3.8, 4) is 0 Å². The standard InChI is InChI=1S/C14H21N3O2/c18-14(16-19)10-15-13-6-8-17(9-7-13)11-12-4-2-1-3-5-12/h1-5,13,15,19H,6-11H2,(H,16,18). The second-order valence-electron chi connectivity index (χ2n) is 4.95. The summed E-state index contributed by atoms with van der Waals surface area (Å²) in [4.78, 5) is 13.4. The van der Waals surface area contributed by atoms with Gasteiger partial charge in [-0.1, -0.05) is 30.3 Å². The number of carbonyl (C=O) groups excluding carboxylic acids is 1. The van der Waals surface area contributed by atoms with Gasteiger partial charge in [-0.2, -0.15) is 0 Å². The topological polar surface area (TPSA) is 64.6 Å². The van der Waals surface area contributed by atoms with E-state index in [2.05, 4.69) is 34.5 Å². The van der Waals surface area contributed by atoms with Gasteiger partial charge in [-0.25, -0.2) is 5.48 Å². The Morgan fingerprint density at radius 2 is 1.95 bits per heavy atom. The maximum absolute atomic E-state index is 10.9. The largest absolute Gasteiger partial charge is 0.305 e. The number of piperidine rings is 1. The highest BCUT2D eigenvalue weighted by atomic mass is 16.5. The number of benzene rings is 1. The molecule has 1 saturated heterocycles. The molecule has 1 aromatic rings. The first-order valence-corrected chi connectivity index (χ1v) is 6.70. The molecule has 0 atom stereocenters. The Hall–Kier alpha value is -1.43. The van der Waals surface area contributed by atoms with Crippen molar-refractivity contribution >= 4 is 5.91 Å². The van der Waals surface area contributed by atoms with Crippen molar-refractivity contribution in [1.29, 1.82) is 0 Å². The first kappa shape index (κ1) is 14.0. The smallest absolute Gasteiger partial charge is 0.257 e. The monoisotopic (exact) mass is 263 g/mol. The highest BCUT2D eigenvalue weighted by Gasteiger charge is 2.19. The molecule has 5 heteroatoms. The molecule has 5 nitrogen and oxygen atoms in total. The molecular formula is C14H21N3O2. The van der Waals surface area contributed by atoms with Gasteiger partial charge in [-0.3, -0.25) is 14.9 Å². The van der Waals surface area contributed by atoms with E-state index in [-0.39, 0.29) is 12.5 Å². The Kier molecular flexibility index (Phi) is 5.32. The predicted molar refractivity (Wildman–Crippen MR) is 72.7 cm³/mol. The fraction of sp³-hybridized carbons (Fsp3) is 0.500. The van der Waals surface area contributed by atoms with Crippen molar-refractivity contribution in [2.75, 3.05) is 19.6 Å². The van der Waals surface area contributed by atoms with Crippen LogP contribution in [0.15, 0.2) is 30.3 Å². The molecule has 0 aromatic heterocycles. The van der Waals surface area contributed by atoms with Crippen LogP contribution in [0.25, 0.3) is 0 Å². The van der Waals surface area contributed by atoms with E-state index >= 15 is 0 Å². The zero-order valence-corrected chi connectivity index (χ0v) is 11.0. The molecule has 0 unspecified atom stereocenters. The van der Waals surface area contributed by atoms with Crippen LogP contribution < -0.4 is 10.8 Å². The van der Waals surface area contributed by atoms with Crippen LogP contribution in [0.1, 0.15) is 18.4 Å². The number of hydroxylamine groups is 1. The van der Waals surface area contributed by atoms with Gasteiger partial charge in [0.15, 0.2) is 0 Å². The molecular weight excluding hydrogens is 242 g/mol. The second kappa shape index (κ2) is 7.23. The van der Waals surface area contributed by atoms with Crippen molar-refractivity contribution in [2.24, 2.45) is 0 Å². The molecule has 1 amide bonds. The highest BCUT2D eigenvalue weighted by Crippen LogP contribution is 2.13. The zero-order chi connectivity index (χ0) is 13.5. The van der Waals surface area contributed by atoms with E-state index in [1.165, 1.54) is 5.56 Å². The molecule has 1 fully saturated rings. The van der Waals surface area contributed by atoms with Crippen LogP contribution in [-0.4, -0.2) is 41.7 Å². The maximum Gasteiger partial charge on any atom is 0.257 e. The number of hydrogen-bond acceptors (Lipinski definition) is 4. The number of hydrogen-bond donors (Lipinski definition) is 3. The van der Waals surface area contributed by atoms with Crippen LogP contribution in [0.2, 0.25) is 0 Å². The fourth-order valence-electron chi connectivity index (χ4n) is 2.41. The van der Waals surface area contributed by atoms with Crippen molar-refractivity contribution in [3.05, 3.63) is 35.9 Å². The van der Waals surface area contributed by atoms with Gasteiger partial charge in [0.05, 0.1) is 6.54 Å². The van der Waals surface area contributed by atoms with E-state index in [1.54, 1.807) is 5.48 Å². The minimum Gasteiger partial charge on any atom is -0.305 e. The third kappa shape index (κ3) is 4.63. The van der Waals surface area contributed by atoms with Crippen molar-refractivity contribution in [2.45, 2.75) is 25.4 Å². The average molecular weight is 263 g/mol. The Morgan fingerprint density at radius 3 is 2.58 bits per heavy atom. The van der Waals surface area contributed by atoms with E-state index in [0.29, 0.717) is 6.04 Å². The third-order valence-corrected chi connectivity index (χ3v) is 3.51. The molecule has 1 aromatic carbocycles. The van der Waals surface area contributed by atoms with Crippen LogP contribution in [0, 0.1) is 0 Å². The molecule has 0 spiro atoms. The van der Waals surface area contributed by atoms with Crippen LogP contribution in [0.5, 0.6) is 0 Å². The normalized spacial score (nSPS) is 17.3. The molecule has 1 aliphatic heterocycles. The van der Waals surface area contributed by atoms with Crippen molar-refractivity contribution < 1.29 is 10.0 Å². The molecule has 2 rings (SSSR count). The van der Waals surface area contributed by atoms with Gasteiger partial charge in [-0.15, -0.1) is 0 Å². The Bertz CT molecular complexity index is 389. The lowest BCUT2D eigenvalue weighted by molar-refractivity contribution is -0.128. The SMILES string of the molecule is O=C(CNC1CCN(Cc2ccccc2)CC1)NO. The van der Waals surface area contributed by atoms with Gasteiger partial charge >= 0.3 is 0 Å². The summed E-state index contributed by atoms with van der Waals surface area (Å²) >= 11 is 0. The van der Waals surface area contributed by atoms with Crippen molar-refractivity contribution in [3.63, 3.8) is 0 Å². The number of likely N-dealkylation sites (tertiary alicyclic amines) is 1. The van der Waals surface area contributed by atoms with Gasteiger partial charge in [0.25, 0.3) is 5.91 Å². The lowest BCUT2D eigenvalue weighted by Crippen LogP contribution is -2.45. The van der Waals surface area contributed by atoms with Gasteiger partial charge < -0.3 is 5.32 Å². The quantitative estimate of drug-likeness (QED) is 0.542. The number of rotatable bonds is 5. The van der Waals surface area contributed by atoms with E-state index < -0.39 is 0 Å². The molecule has 1 heterocycles. The molecule has 3 N–H and O–H groups in total. The highest BCUT2D eigenvalue weighted by molar-refractivity contribution is 5.76. The predicted octanol–water partition coefficient (Wildman–Crippen LogP) is 0.746. The summed E-state index contributed by atoms with van der Waals surface area (Å²) in [7, 11) is 0. The molecule has 19 heavy (non-hydrogen) atoms. The maximum atomic E-state index is 10.9. The molecule has 1 aliphatic rings. The molecule has 0 bridgehead atoms. The Balaban J connectivity index is 1.69. The minimum atomic E-state index is -0.383. The van der Waals surface area contributed by atoms with Crippen LogP contribution in [0.4, 0.5) is 0 Å². The first-order valence-electron chi connectivity index (χ1n) is 6.70. The van der Waals surface area contributed by atoms with Gasteiger partial charge in [0, 0.05) is 12.6 Å².